The van der Waals surface area contributed by atoms with Crippen molar-refractivity contribution in [1.82, 2.24) is 4.90 Å². The normalized spacial score (nSPS) is 32.2. The highest BCUT2D eigenvalue weighted by Gasteiger charge is 2.77. The molecule has 1 spiro atoms. The minimum absolute atomic E-state index is 0.108. The van der Waals surface area contributed by atoms with Crippen LogP contribution in [0.15, 0.2) is 30.9 Å². The Morgan fingerprint density at radius 3 is 2.70 bits per heavy atom. The van der Waals surface area contributed by atoms with Crippen molar-refractivity contribution in [3.05, 3.63) is 42.0 Å². The van der Waals surface area contributed by atoms with E-state index in [0.29, 0.717) is 19.3 Å². The fourth-order valence-electron chi connectivity index (χ4n) is 6.16. The van der Waals surface area contributed by atoms with E-state index in [1.165, 1.54) is 11.8 Å². The highest BCUT2D eigenvalue weighted by molar-refractivity contribution is 8.02. The van der Waals surface area contributed by atoms with Gasteiger partial charge in [0.1, 0.15) is 6.04 Å². The van der Waals surface area contributed by atoms with E-state index in [-0.39, 0.29) is 31.5 Å². The van der Waals surface area contributed by atoms with Gasteiger partial charge in [-0.2, -0.15) is 0 Å². The Labute approximate surface area is 198 Å². The Kier molecular flexibility index (Phi) is 6.12. The number of likely N-dealkylation sites (tertiary alicyclic amines) is 1. The summed E-state index contributed by atoms with van der Waals surface area (Å²) in [4.78, 5) is 43.5. The van der Waals surface area contributed by atoms with Crippen LogP contribution in [0.2, 0.25) is 0 Å². The summed E-state index contributed by atoms with van der Waals surface area (Å²) in [5, 5.41) is 19.5. The van der Waals surface area contributed by atoms with E-state index in [4.69, 9.17) is 0 Å². The lowest BCUT2D eigenvalue weighted by Crippen LogP contribution is -2.55. The molecule has 2 N–H and O–H groups in total. The van der Waals surface area contributed by atoms with Crippen LogP contribution < -0.4 is 4.90 Å². The van der Waals surface area contributed by atoms with E-state index in [9.17, 15) is 24.6 Å². The monoisotopic (exact) mass is 472 g/mol. The fraction of sp³-hybridized carbons (Fsp3) is 0.560. The maximum absolute atomic E-state index is 14.3. The summed E-state index contributed by atoms with van der Waals surface area (Å²) in [6.45, 7) is 10.1. The highest BCUT2D eigenvalue weighted by atomic mass is 32.2. The van der Waals surface area contributed by atoms with Crippen LogP contribution >= 0.6 is 11.8 Å². The van der Waals surface area contributed by atoms with Crippen molar-refractivity contribution in [3.8, 4) is 0 Å². The molecule has 1 aromatic carbocycles. The van der Waals surface area contributed by atoms with Crippen LogP contribution in [-0.4, -0.2) is 68.1 Å². The van der Waals surface area contributed by atoms with Crippen molar-refractivity contribution in [3.63, 3.8) is 0 Å². The number of nitrogens with zero attached hydrogens (tertiary/aromatic N) is 2. The number of aliphatic hydroxyl groups excluding tert-OH is 1. The molecule has 2 bridgehead atoms. The van der Waals surface area contributed by atoms with E-state index in [1.807, 2.05) is 39.0 Å². The van der Waals surface area contributed by atoms with Gasteiger partial charge in [0.2, 0.25) is 5.91 Å². The largest absolute Gasteiger partial charge is 0.481 e. The third-order valence-electron chi connectivity index (χ3n) is 7.57. The van der Waals surface area contributed by atoms with Crippen LogP contribution in [0.3, 0.4) is 0 Å². The van der Waals surface area contributed by atoms with Gasteiger partial charge in [-0.05, 0) is 57.2 Å². The highest BCUT2D eigenvalue weighted by Crippen LogP contribution is 2.71. The molecule has 3 fully saturated rings. The molecule has 7 nitrogen and oxygen atoms in total. The summed E-state index contributed by atoms with van der Waals surface area (Å²) in [7, 11) is 0. The summed E-state index contributed by atoms with van der Waals surface area (Å²) in [5.41, 5.74) is 2.73. The van der Waals surface area contributed by atoms with Gasteiger partial charge in [0, 0.05) is 30.1 Å². The SMILES string of the molecule is C=CCN(C(=O)C1N(CCCO)C(=O)[C@@H]2[C@H](C(=O)O)[C@]3(C)CCC12S3)c1cc(C)ccc1C. The first kappa shape index (κ1) is 23.8. The van der Waals surface area contributed by atoms with Crippen molar-refractivity contribution < 1.29 is 24.6 Å². The smallest absolute Gasteiger partial charge is 0.308 e. The maximum atomic E-state index is 14.3. The maximum Gasteiger partial charge on any atom is 0.308 e. The summed E-state index contributed by atoms with van der Waals surface area (Å²) >= 11 is 1.52. The molecule has 8 heteroatoms. The van der Waals surface area contributed by atoms with Gasteiger partial charge in [-0.15, -0.1) is 18.3 Å². The lowest BCUT2D eigenvalue weighted by Gasteiger charge is -2.37. The lowest BCUT2D eigenvalue weighted by molar-refractivity contribution is -0.150. The minimum Gasteiger partial charge on any atom is -0.481 e. The summed E-state index contributed by atoms with van der Waals surface area (Å²) in [6.07, 6.45) is 3.28. The zero-order valence-corrected chi connectivity index (χ0v) is 20.2. The molecule has 2 unspecified atom stereocenters. The number of aliphatic hydroxyl groups is 1. The van der Waals surface area contributed by atoms with Crippen LogP contribution in [0, 0.1) is 25.7 Å². The van der Waals surface area contributed by atoms with E-state index in [1.54, 1.807) is 15.9 Å². The molecule has 0 radical (unpaired) electrons. The standard InChI is InChI=1S/C25H32N2O5S/c1-5-11-26(17-14-15(2)7-8-16(17)3)22(30)20-25-10-9-24(4,33-25)19(23(31)32)18(25)21(29)27(20)12-6-13-28/h5,7-8,14,18-20,28H,1,6,9-13H2,2-4H3,(H,31,32)/t18-,19+,20?,24-,25?/m0/s1. The third-order valence-corrected chi connectivity index (χ3v) is 9.55. The van der Waals surface area contributed by atoms with Crippen LogP contribution in [0.1, 0.15) is 37.3 Å². The average Bonchev–Trinajstić information content (AvgIpc) is 3.32. The first-order valence-corrected chi connectivity index (χ1v) is 12.3. The second-order valence-corrected chi connectivity index (χ2v) is 11.6. The minimum atomic E-state index is -0.974. The number of aliphatic carboxylic acids is 1. The van der Waals surface area contributed by atoms with Crippen LogP contribution in [0.4, 0.5) is 5.69 Å². The molecule has 0 aromatic heterocycles. The fourth-order valence-corrected chi connectivity index (χ4v) is 8.50. The summed E-state index contributed by atoms with van der Waals surface area (Å²) in [5.74, 6) is -3.02. The molecule has 1 aromatic rings. The second kappa shape index (κ2) is 8.47. The number of carboxylic acids is 1. The van der Waals surface area contributed by atoms with Gasteiger partial charge < -0.3 is 20.0 Å². The Bertz CT molecular complexity index is 1010. The molecular weight excluding hydrogens is 440 g/mol. The Balaban J connectivity index is 1.83. The molecule has 0 aliphatic carbocycles. The number of carboxylic acid groups (broad SMARTS) is 1. The quantitative estimate of drug-likeness (QED) is 0.565. The van der Waals surface area contributed by atoms with E-state index in [0.717, 1.165) is 16.8 Å². The van der Waals surface area contributed by atoms with Gasteiger partial charge in [-0.25, -0.2) is 0 Å². The number of anilines is 1. The van der Waals surface area contributed by atoms with Crippen molar-refractivity contribution in [2.45, 2.75) is 55.6 Å². The molecule has 2 amide bonds. The summed E-state index contributed by atoms with van der Waals surface area (Å²) in [6, 6.07) is 5.14. The number of amides is 2. The van der Waals surface area contributed by atoms with E-state index >= 15 is 0 Å². The molecule has 5 atom stereocenters. The van der Waals surface area contributed by atoms with Gasteiger partial charge in [0.05, 0.1) is 16.6 Å². The number of fused-ring (bicyclic) bond motifs is 1. The van der Waals surface area contributed by atoms with E-state index < -0.39 is 33.3 Å². The second-order valence-electron chi connectivity index (χ2n) is 9.70. The predicted molar refractivity (Wildman–Crippen MR) is 128 cm³/mol. The van der Waals surface area contributed by atoms with Gasteiger partial charge in [0.15, 0.2) is 0 Å². The predicted octanol–water partition coefficient (Wildman–Crippen LogP) is 2.77. The first-order chi connectivity index (χ1) is 15.6. The number of thioether (sulfide) groups is 1. The first-order valence-electron chi connectivity index (χ1n) is 11.4. The van der Waals surface area contributed by atoms with Gasteiger partial charge in [0.25, 0.3) is 5.91 Å². The average molecular weight is 473 g/mol. The van der Waals surface area contributed by atoms with Gasteiger partial charge in [-0.3, -0.25) is 14.4 Å². The lowest BCUT2D eigenvalue weighted by atomic mass is 9.66. The number of carbonyl (C=O) groups excluding carboxylic acids is 2. The topological polar surface area (TPSA) is 98.2 Å². The Morgan fingerprint density at radius 2 is 2.06 bits per heavy atom. The van der Waals surface area contributed by atoms with Crippen molar-refractivity contribution in [2.75, 3.05) is 24.6 Å². The molecule has 3 saturated heterocycles. The van der Waals surface area contributed by atoms with E-state index in [2.05, 4.69) is 6.58 Å². The number of benzene rings is 1. The molecule has 0 saturated carbocycles. The molecule has 178 valence electrons. The molecule has 3 heterocycles. The van der Waals surface area contributed by atoms with Crippen LogP contribution in [-0.2, 0) is 14.4 Å². The molecule has 3 aliphatic heterocycles. The van der Waals surface area contributed by atoms with Gasteiger partial charge in [-0.1, -0.05) is 18.2 Å². The molecule has 33 heavy (non-hydrogen) atoms. The Hall–Kier alpha value is -2.32. The molecule has 4 rings (SSSR count). The van der Waals surface area contributed by atoms with Gasteiger partial charge >= 0.3 is 5.97 Å². The number of rotatable bonds is 8. The van der Waals surface area contributed by atoms with Crippen molar-refractivity contribution >= 4 is 35.2 Å². The molecular formula is C25H32N2O5S. The van der Waals surface area contributed by atoms with Crippen molar-refractivity contribution in [2.24, 2.45) is 11.8 Å². The summed E-state index contributed by atoms with van der Waals surface area (Å²) < 4.78 is -1.35. The Morgan fingerprint density at radius 1 is 1.33 bits per heavy atom. The van der Waals surface area contributed by atoms with Crippen LogP contribution in [0.5, 0.6) is 0 Å². The van der Waals surface area contributed by atoms with Crippen molar-refractivity contribution in [1.29, 1.82) is 0 Å². The van der Waals surface area contributed by atoms with Crippen LogP contribution in [0.25, 0.3) is 0 Å². The third kappa shape index (κ3) is 3.49. The number of aryl methyl sites for hydroxylation is 2. The molecule has 3 aliphatic rings. The number of hydrogen-bond donors (Lipinski definition) is 2. The number of hydrogen-bond acceptors (Lipinski definition) is 5. The number of carbonyl (C=O) groups is 3. The zero-order valence-electron chi connectivity index (χ0n) is 19.4. The zero-order chi connectivity index (χ0) is 24.1.